The van der Waals surface area contributed by atoms with Crippen LogP contribution in [-0.4, -0.2) is 119 Å². The second-order valence-corrected chi connectivity index (χ2v) is 12.7. The molecule has 6 atom stereocenters. The molecule has 9 nitrogen and oxygen atoms in total. The number of carbonyl (C=O) groups is 3. The molecule has 2 amide bonds. The van der Waals surface area contributed by atoms with Gasteiger partial charge in [-0.15, -0.1) is 24.9 Å². The maximum atomic E-state index is 14.5. The second-order valence-electron chi connectivity index (χ2n) is 11.1. The Kier molecular flexibility index (Phi) is 10.5. The van der Waals surface area contributed by atoms with Crippen LogP contribution in [0.5, 0.6) is 0 Å². The third kappa shape index (κ3) is 5.94. The standard InChI is InChI=1S/C29H45N3O6S/c1-4-6-17-38-28(36)23-22-20-21(3)29(39-22)24(23)26(34)32(11-8-7-9-16-33)25(29)27(35)31(10-5-2)13-12-30-14-18-37-19-15-30/h4-5,21-25,33H,1-2,6-20H2,3H3/t21?,22-,23+,24+,25?,29?/m1/s1. The molecule has 4 aliphatic heterocycles. The van der Waals surface area contributed by atoms with Gasteiger partial charge in [-0.25, -0.2) is 0 Å². The molecule has 0 aliphatic carbocycles. The highest BCUT2D eigenvalue weighted by molar-refractivity contribution is 8.02. The van der Waals surface area contributed by atoms with Crippen molar-refractivity contribution in [3.8, 4) is 0 Å². The molecule has 1 N–H and O–H groups in total. The number of aliphatic hydroxyl groups excluding tert-OH is 1. The van der Waals surface area contributed by atoms with Crippen LogP contribution in [0.15, 0.2) is 25.3 Å². The maximum absolute atomic E-state index is 14.5. The first kappa shape index (κ1) is 30.1. The molecule has 2 bridgehead atoms. The average molecular weight is 564 g/mol. The Bertz CT molecular complexity index is 911. The van der Waals surface area contributed by atoms with Crippen LogP contribution in [0.2, 0.25) is 0 Å². The van der Waals surface area contributed by atoms with Crippen LogP contribution < -0.4 is 0 Å². The van der Waals surface area contributed by atoms with Crippen LogP contribution in [0.3, 0.4) is 0 Å². The van der Waals surface area contributed by atoms with Crippen molar-refractivity contribution in [2.24, 2.45) is 17.8 Å². The number of carbonyl (C=O) groups excluding carboxylic acids is 3. The van der Waals surface area contributed by atoms with E-state index < -0.39 is 22.6 Å². The van der Waals surface area contributed by atoms with Crippen LogP contribution in [0, 0.1) is 17.8 Å². The number of ether oxygens (including phenoxy) is 2. The zero-order valence-corrected chi connectivity index (χ0v) is 24.1. The molecule has 0 radical (unpaired) electrons. The summed E-state index contributed by atoms with van der Waals surface area (Å²) >= 11 is 1.68. The molecule has 4 heterocycles. The van der Waals surface area contributed by atoms with Crippen molar-refractivity contribution in [2.75, 3.05) is 65.7 Å². The average Bonchev–Trinajstić information content (AvgIpc) is 3.53. The van der Waals surface area contributed by atoms with Gasteiger partial charge < -0.3 is 24.4 Å². The summed E-state index contributed by atoms with van der Waals surface area (Å²) in [7, 11) is 0. The molecule has 10 heteroatoms. The van der Waals surface area contributed by atoms with Crippen molar-refractivity contribution in [3.63, 3.8) is 0 Å². The highest BCUT2D eigenvalue weighted by Crippen LogP contribution is 2.68. The fourth-order valence-corrected chi connectivity index (χ4v) is 9.33. The molecule has 39 heavy (non-hydrogen) atoms. The van der Waals surface area contributed by atoms with Gasteiger partial charge in [-0.3, -0.25) is 19.3 Å². The predicted octanol–water partition coefficient (Wildman–Crippen LogP) is 1.95. The molecule has 3 unspecified atom stereocenters. The fourth-order valence-electron chi connectivity index (χ4n) is 6.92. The number of fused-ring (bicyclic) bond motifs is 1. The summed E-state index contributed by atoms with van der Waals surface area (Å²) in [5.41, 5.74) is 0. The van der Waals surface area contributed by atoms with Crippen LogP contribution in [0.25, 0.3) is 0 Å². The summed E-state index contributed by atoms with van der Waals surface area (Å²) in [6, 6.07) is -0.634. The maximum Gasteiger partial charge on any atom is 0.310 e. The SMILES string of the molecule is C=CCCOC(=O)[C@@H]1[C@H]2C(=O)N(CCCCCO)C(C(=O)N(CC=C)CCN3CCOCC3)C23S[C@@H]1CC3C. The molecule has 0 aromatic carbocycles. The predicted molar refractivity (Wildman–Crippen MR) is 151 cm³/mol. The van der Waals surface area contributed by atoms with Gasteiger partial charge >= 0.3 is 5.97 Å². The largest absolute Gasteiger partial charge is 0.465 e. The van der Waals surface area contributed by atoms with E-state index in [0.29, 0.717) is 52.1 Å². The van der Waals surface area contributed by atoms with E-state index in [1.807, 2.05) is 4.90 Å². The Morgan fingerprint density at radius 2 is 1.97 bits per heavy atom. The number of unbranched alkanes of at least 4 members (excludes halogenated alkanes) is 2. The van der Waals surface area contributed by atoms with Crippen LogP contribution in [-0.2, 0) is 23.9 Å². The number of morpholine rings is 1. The van der Waals surface area contributed by atoms with Crippen molar-refractivity contribution >= 4 is 29.5 Å². The van der Waals surface area contributed by atoms with Gasteiger partial charge in [-0.2, -0.15) is 0 Å². The molecule has 4 saturated heterocycles. The van der Waals surface area contributed by atoms with Gasteiger partial charge in [0.1, 0.15) is 6.04 Å². The monoisotopic (exact) mass is 563 g/mol. The van der Waals surface area contributed by atoms with Gasteiger partial charge in [0.2, 0.25) is 11.8 Å². The molecule has 4 rings (SSSR count). The van der Waals surface area contributed by atoms with E-state index in [-0.39, 0.29) is 42.2 Å². The number of thioether (sulfide) groups is 1. The fraction of sp³-hybridized carbons (Fsp3) is 0.759. The summed E-state index contributed by atoms with van der Waals surface area (Å²) in [6.07, 6.45) is 6.93. The van der Waals surface area contributed by atoms with E-state index in [4.69, 9.17) is 9.47 Å². The molecule has 4 fully saturated rings. The highest BCUT2D eigenvalue weighted by Gasteiger charge is 2.76. The van der Waals surface area contributed by atoms with Crippen molar-refractivity contribution < 1.29 is 29.0 Å². The van der Waals surface area contributed by atoms with Gasteiger partial charge in [0.05, 0.1) is 36.4 Å². The zero-order chi connectivity index (χ0) is 28.0. The van der Waals surface area contributed by atoms with Crippen molar-refractivity contribution in [1.29, 1.82) is 0 Å². The van der Waals surface area contributed by atoms with E-state index in [1.165, 1.54) is 0 Å². The van der Waals surface area contributed by atoms with Crippen LogP contribution in [0.1, 0.15) is 39.0 Å². The van der Waals surface area contributed by atoms with Crippen LogP contribution in [0.4, 0.5) is 0 Å². The van der Waals surface area contributed by atoms with Gasteiger partial charge in [0.25, 0.3) is 0 Å². The number of aliphatic hydroxyl groups is 1. The minimum atomic E-state index is -0.656. The molecule has 0 saturated carbocycles. The third-order valence-electron chi connectivity index (χ3n) is 8.83. The Morgan fingerprint density at radius 1 is 1.21 bits per heavy atom. The lowest BCUT2D eigenvalue weighted by Crippen LogP contribution is -2.58. The minimum Gasteiger partial charge on any atom is -0.465 e. The Morgan fingerprint density at radius 3 is 2.67 bits per heavy atom. The molecule has 218 valence electrons. The molecule has 1 spiro atoms. The summed E-state index contributed by atoms with van der Waals surface area (Å²) < 4.78 is 10.4. The van der Waals surface area contributed by atoms with Gasteiger partial charge in [-0.05, 0) is 38.0 Å². The number of rotatable bonds is 15. The van der Waals surface area contributed by atoms with E-state index in [9.17, 15) is 19.5 Å². The molecule has 4 aliphatic rings. The summed E-state index contributed by atoms with van der Waals surface area (Å²) in [4.78, 5) is 47.8. The molecular formula is C29H45N3O6S. The summed E-state index contributed by atoms with van der Waals surface area (Å²) in [5, 5.41) is 9.23. The quantitative estimate of drug-likeness (QED) is 0.183. The van der Waals surface area contributed by atoms with Crippen molar-refractivity contribution in [2.45, 2.75) is 55.1 Å². The Hall–Kier alpha value is -1.88. The molecular weight excluding hydrogens is 518 g/mol. The first-order valence-corrected chi connectivity index (χ1v) is 15.3. The normalized spacial score (nSPS) is 31.8. The second kappa shape index (κ2) is 13.7. The zero-order valence-electron chi connectivity index (χ0n) is 23.3. The molecule has 0 aromatic rings. The number of hydrogen-bond acceptors (Lipinski definition) is 8. The first-order valence-electron chi connectivity index (χ1n) is 14.5. The lowest BCUT2D eigenvalue weighted by atomic mass is 9.66. The van der Waals surface area contributed by atoms with Gasteiger partial charge in [0, 0.05) is 51.1 Å². The number of nitrogens with zero attached hydrogens (tertiary/aromatic N) is 3. The van der Waals surface area contributed by atoms with E-state index >= 15 is 0 Å². The van der Waals surface area contributed by atoms with E-state index in [0.717, 1.165) is 32.5 Å². The minimum absolute atomic E-state index is 0.0294. The number of amides is 2. The lowest BCUT2D eigenvalue weighted by molar-refractivity contribution is -0.154. The van der Waals surface area contributed by atoms with Gasteiger partial charge in [-0.1, -0.05) is 19.1 Å². The number of hydrogen-bond donors (Lipinski definition) is 1. The van der Waals surface area contributed by atoms with Crippen LogP contribution >= 0.6 is 11.8 Å². The van der Waals surface area contributed by atoms with Crippen molar-refractivity contribution in [3.05, 3.63) is 25.3 Å². The molecule has 0 aromatic heterocycles. The summed E-state index contributed by atoms with van der Waals surface area (Å²) in [5.74, 6) is -1.48. The third-order valence-corrected chi connectivity index (χ3v) is 10.9. The number of likely N-dealkylation sites (tertiary alicyclic amines) is 1. The van der Waals surface area contributed by atoms with E-state index in [1.54, 1.807) is 28.8 Å². The Balaban J connectivity index is 1.61. The Labute approximate surface area is 236 Å². The lowest BCUT2D eigenvalue weighted by Gasteiger charge is -2.41. The smallest absolute Gasteiger partial charge is 0.310 e. The first-order chi connectivity index (χ1) is 18.9. The summed E-state index contributed by atoms with van der Waals surface area (Å²) in [6.45, 7) is 15.3. The van der Waals surface area contributed by atoms with E-state index in [2.05, 4.69) is 25.0 Å². The highest BCUT2D eigenvalue weighted by atomic mass is 32.2. The topological polar surface area (TPSA) is 99.6 Å². The van der Waals surface area contributed by atoms with Gasteiger partial charge in [0.15, 0.2) is 0 Å². The number of esters is 1. The van der Waals surface area contributed by atoms with Crippen molar-refractivity contribution in [1.82, 2.24) is 14.7 Å².